The van der Waals surface area contributed by atoms with Crippen LogP contribution in [0.4, 0.5) is 0 Å². The van der Waals surface area contributed by atoms with Gasteiger partial charge in [-0.15, -0.1) is 11.3 Å². The number of carbonyl (C=O) groups excluding carboxylic acids is 1. The number of hydrogen-bond donors (Lipinski definition) is 1. The first kappa shape index (κ1) is 12.3. The topological polar surface area (TPSA) is 52.9 Å². The van der Waals surface area contributed by atoms with Gasteiger partial charge in [-0.2, -0.15) is 5.26 Å². The summed E-state index contributed by atoms with van der Waals surface area (Å²) < 4.78 is 0. The van der Waals surface area contributed by atoms with Gasteiger partial charge in [0.05, 0.1) is 16.5 Å². The molecule has 1 N–H and O–H groups in total. The number of nitrogens with one attached hydrogen (secondary N) is 1. The minimum absolute atomic E-state index is 0.0492. The van der Waals surface area contributed by atoms with Gasteiger partial charge in [0.1, 0.15) is 0 Å². The van der Waals surface area contributed by atoms with Crippen molar-refractivity contribution in [2.45, 2.75) is 13.5 Å². The number of nitriles is 1. The molecule has 1 aromatic carbocycles. The van der Waals surface area contributed by atoms with Gasteiger partial charge in [-0.3, -0.25) is 4.79 Å². The molecule has 1 amide bonds. The normalized spacial score (nSPS) is 9.78. The molecule has 90 valence electrons. The Kier molecular flexibility index (Phi) is 3.75. The zero-order valence-electron chi connectivity index (χ0n) is 9.93. The number of hydrogen-bond acceptors (Lipinski definition) is 3. The largest absolute Gasteiger partial charge is 0.347 e. The molecule has 0 aliphatic rings. The van der Waals surface area contributed by atoms with Gasteiger partial charge in [-0.25, -0.2) is 0 Å². The Balaban J connectivity index is 1.97. The predicted octanol–water partition coefficient (Wildman–Crippen LogP) is 2.86. The molecule has 1 heterocycles. The van der Waals surface area contributed by atoms with Gasteiger partial charge in [0.15, 0.2) is 0 Å². The molecule has 0 atom stereocenters. The van der Waals surface area contributed by atoms with Crippen LogP contribution in [-0.2, 0) is 6.54 Å². The van der Waals surface area contributed by atoms with Crippen molar-refractivity contribution in [1.82, 2.24) is 5.32 Å². The number of nitrogens with zero attached hydrogens (tertiary/aromatic N) is 1. The third-order valence-corrected chi connectivity index (χ3v) is 3.62. The summed E-state index contributed by atoms with van der Waals surface area (Å²) in [6.45, 7) is 2.40. The molecule has 0 spiro atoms. The second-order valence-electron chi connectivity index (χ2n) is 3.92. The highest BCUT2D eigenvalue weighted by atomic mass is 32.1. The molecular formula is C14H12N2OS. The average molecular weight is 256 g/mol. The zero-order chi connectivity index (χ0) is 13.0. The van der Waals surface area contributed by atoms with Crippen LogP contribution in [0.5, 0.6) is 0 Å². The van der Waals surface area contributed by atoms with Crippen molar-refractivity contribution in [3.63, 3.8) is 0 Å². The predicted molar refractivity (Wildman–Crippen MR) is 71.4 cm³/mol. The fourth-order valence-electron chi connectivity index (χ4n) is 1.57. The molecule has 2 aromatic rings. The lowest BCUT2D eigenvalue weighted by Crippen LogP contribution is -2.22. The lowest BCUT2D eigenvalue weighted by Gasteiger charge is -2.04. The van der Waals surface area contributed by atoms with Crippen LogP contribution in [0.3, 0.4) is 0 Å². The summed E-state index contributed by atoms with van der Waals surface area (Å²) in [5.74, 6) is -0.0492. The number of carbonyl (C=O) groups is 1. The first-order valence-corrected chi connectivity index (χ1v) is 6.40. The molecule has 0 aliphatic carbocycles. The molecule has 0 saturated carbocycles. The van der Waals surface area contributed by atoms with Crippen molar-refractivity contribution in [3.05, 3.63) is 57.3 Å². The minimum atomic E-state index is -0.0492. The van der Waals surface area contributed by atoms with E-state index in [-0.39, 0.29) is 5.91 Å². The first-order valence-electron chi connectivity index (χ1n) is 5.52. The highest BCUT2D eigenvalue weighted by Gasteiger charge is 2.09. The van der Waals surface area contributed by atoms with Gasteiger partial charge in [0.2, 0.25) is 0 Å². The van der Waals surface area contributed by atoms with Crippen LogP contribution in [-0.4, -0.2) is 5.91 Å². The summed E-state index contributed by atoms with van der Waals surface area (Å²) in [7, 11) is 0. The van der Waals surface area contributed by atoms with Crippen molar-refractivity contribution in [1.29, 1.82) is 5.26 Å². The Hall–Kier alpha value is -2.12. The Morgan fingerprint density at radius 3 is 2.61 bits per heavy atom. The monoisotopic (exact) mass is 256 g/mol. The van der Waals surface area contributed by atoms with Gasteiger partial charge in [0.25, 0.3) is 5.91 Å². The van der Waals surface area contributed by atoms with Crippen molar-refractivity contribution in [3.8, 4) is 6.07 Å². The lowest BCUT2D eigenvalue weighted by molar-refractivity contribution is 0.0954. The van der Waals surface area contributed by atoms with E-state index in [1.807, 2.05) is 30.5 Å². The maximum absolute atomic E-state index is 11.9. The van der Waals surface area contributed by atoms with Gasteiger partial charge in [0, 0.05) is 6.54 Å². The molecule has 0 fully saturated rings. The zero-order valence-corrected chi connectivity index (χ0v) is 10.8. The van der Waals surface area contributed by atoms with E-state index in [9.17, 15) is 4.79 Å². The third kappa shape index (κ3) is 2.76. The van der Waals surface area contributed by atoms with Crippen LogP contribution >= 0.6 is 11.3 Å². The third-order valence-electron chi connectivity index (χ3n) is 2.60. The summed E-state index contributed by atoms with van der Waals surface area (Å²) in [5, 5.41) is 13.5. The van der Waals surface area contributed by atoms with E-state index in [2.05, 4.69) is 11.4 Å². The number of aryl methyl sites for hydroxylation is 1. The second-order valence-corrected chi connectivity index (χ2v) is 4.84. The van der Waals surface area contributed by atoms with E-state index in [0.717, 1.165) is 16.0 Å². The molecule has 0 unspecified atom stereocenters. The van der Waals surface area contributed by atoms with Crippen molar-refractivity contribution < 1.29 is 4.79 Å². The minimum Gasteiger partial charge on any atom is -0.347 e. The van der Waals surface area contributed by atoms with Gasteiger partial charge >= 0.3 is 0 Å². The molecule has 0 bridgehead atoms. The summed E-state index contributed by atoms with van der Waals surface area (Å²) in [5.41, 5.74) is 2.60. The van der Waals surface area contributed by atoms with Gasteiger partial charge < -0.3 is 5.32 Å². The van der Waals surface area contributed by atoms with Crippen LogP contribution in [0.25, 0.3) is 0 Å². The average Bonchev–Trinajstić information content (AvgIpc) is 2.83. The number of thiophene rings is 1. The quantitative estimate of drug-likeness (QED) is 0.918. The molecule has 0 saturated heterocycles. The number of amides is 1. The van der Waals surface area contributed by atoms with E-state index in [4.69, 9.17) is 5.26 Å². The summed E-state index contributed by atoms with van der Waals surface area (Å²) in [6.07, 6.45) is 0. The van der Waals surface area contributed by atoms with Gasteiger partial charge in [-0.1, -0.05) is 12.1 Å². The fraction of sp³-hybridized carbons (Fsp3) is 0.143. The smallest absolute Gasteiger partial charge is 0.261 e. The summed E-state index contributed by atoms with van der Waals surface area (Å²) in [6, 6.07) is 11.2. The first-order chi connectivity index (χ1) is 8.70. The van der Waals surface area contributed by atoms with Crippen LogP contribution in [0.1, 0.15) is 26.4 Å². The second kappa shape index (κ2) is 5.48. The van der Waals surface area contributed by atoms with E-state index in [1.54, 1.807) is 12.1 Å². The Morgan fingerprint density at radius 2 is 2.06 bits per heavy atom. The fourth-order valence-corrected chi connectivity index (χ4v) is 2.41. The molecule has 1 aromatic heterocycles. The van der Waals surface area contributed by atoms with Crippen LogP contribution in [0.2, 0.25) is 0 Å². The van der Waals surface area contributed by atoms with Crippen LogP contribution < -0.4 is 5.32 Å². The Morgan fingerprint density at radius 1 is 1.33 bits per heavy atom. The molecule has 18 heavy (non-hydrogen) atoms. The molecular weight excluding hydrogens is 244 g/mol. The van der Waals surface area contributed by atoms with E-state index in [0.29, 0.717) is 12.1 Å². The Labute approximate surface area is 110 Å². The van der Waals surface area contributed by atoms with Crippen molar-refractivity contribution in [2.24, 2.45) is 0 Å². The standard InChI is InChI=1S/C14H12N2OS/c1-10-6-7-18-13(10)14(17)16-9-12-4-2-11(8-15)3-5-12/h2-7H,9H2,1H3,(H,16,17). The Bertz CT molecular complexity index is 593. The van der Waals surface area contributed by atoms with E-state index in [1.165, 1.54) is 11.3 Å². The maximum atomic E-state index is 11.9. The van der Waals surface area contributed by atoms with Crippen molar-refractivity contribution >= 4 is 17.2 Å². The van der Waals surface area contributed by atoms with Gasteiger partial charge in [-0.05, 0) is 41.6 Å². The van der Waals surface area contributed by atoms with E-state index < -0.39 is 0 Å². The number of rotatable bonds is 3. The van der Waals surface area contributed by atoms with E-state index >= 15 is 0 Å². The number of benzene rings is 1. The summed E-state index contributed by atoms with van der Waals surface area (Å²) in [4.78, 5) is 12.6. The highest BCUT2D eigenvalue weighted by Crippen LogP contribution is 2.15. The molecule has 4 heteroatoms. The molecule has 0 radical (unpaired) electrons. The van der Waals surface area contributed by atoms with Crippen LogP contribution in [0, 0.1) is 18.3 Å². The van der Waals surface area contributed by atoms with Crippen LogP contribution in [0.15, 0.2) is 35.7 Å². The maximum Gasteiger partial charge on any atom is 0.261 e. The van der Waals surface area contributed by atoms with Crippen molar-refractivity contribution in [2.75, 3.05) is 0 Å². The SMILES string of the molecule is Cc1ccsc1C(=O)NCc1ccc(C#N)cc1. The highest BCUT2D eigenvalue weighted by molar-refractivity contribution is 7.12. The molecule has 2 rings (SSSR count). The summed E-state index contributed by atoms with van der Waals surface area (Å²) >= 11 is 1.44. The lowest BCUT2D eigenvalue weighted by atomic mass is 10.1. The molecule has 3 nitrogen and oxygen atoms in total. The molecule has 0 aliphatic heterocycles.